The predicted molar refractivity (Wildman–Crippen MR) is 105 cm³/mol. The number of phenolic OH excluding ortho intramolecular Hbond substituents is 1. The molecule has 2 amide bonds. The average Bonchev–Trinajstić information content (AvgIpc) is 2.89. The summed E-state index contributed by atoms with van der Waals surface area (Å²) >= 11 is 6.35. The van der Waals surface area contributed by atoms with Crippen molar-refractivity contribution < 1.29 is 14.7 Å². The van der Waals surface area contributed by atoms with Gasteiger partial charge < -0.3 is 5.11 Å². The van der Waals surface area contributed by atoms with Crippen LogP contribution in [0.2, 0.25) is 5.02 Å². The van der Waals surface area contributed by atoms with Crippen LogP contribution in [0.5, 0.6) is 5.75 Å². The molecule has 6 heteroatoms. The van der Waals surface area contributed by atoms with E-state index in [1.807, 2.05) is 19.9 Å². The van der Waals surface area contributed by atoms with Crippen molar-refractivity contribution in [2.24, 2.45) is 0 Å². The first kappa shape index (κ1) is 17.5. The number of fused-ring (bicyclic) bond motifs is 2. The normalized spacial score (nSPS) is 13.5. The minimum Gasteiger partial charge on any atom is -0.508 e. The van der Waals surface area contributed by atoms with Crippen LogP contribution in [0.3, 0.4) is 0 Å². The third kappa shape index (κ3) is 2.58. The summed E-state index contributed by atoms with van der Waals surface area (Å²) in [5, 5.41) is 10.8. The average molecular weight is 381 g/mol. The Morgan fingerprint density at radius 3 is 2.52 bits per heavy atom. The molecule has 1 aliphatic rings. The molecule has 1 N–H and O–H groups in total. The number of rotatable bonds is 3. The molecule has 1 aromatic heterocycles. The molecular formula is C21H17ClN2O3. The molecular weight excluding hydrogens is 364 g/mol. The molecule has 5 nitrogen and oxygen atoms in total. The van der Waals surface area contributed by atoms with Gasteiger partial charge in [0.1, 0.15) is 11.4 Å². The fourth-order valence-corrected chi connectivity index (χ4v) is 3.86. The lowest BCUT2D eigenvalue weighted by Crippen LogP contribution is -2.31. The lowest BCUT2D eigenvalue weighted by atomic mass is 10.0. The number of aryl methyl sites for hydroxylation is 1. The number of phenols is 1. The molecule has 0 spiro atoms. The van der Waals surface area contributed by atoms with Gasteiger partial charge in [-0.2, -0.15) is 0 Å². The molecule has 0 radical (unpaired) electrons. The van der Waals surface area contributed by atoms with Gasteiger partial charge in [-0.1, -0.05) is 31.5 Å². The first-order chi connectivity index (χ1) is 13.0. The second-order valence-electron chi connectivity index (χ2n) is 6.45. The third-order valence-electron chi connectivity index (χ3n) is 4.90. The molecule has 2 heterocycles. The molecule has 0 bridgehead atoms. The van der Waals surface area contributed by atoms with Crippen LogP contribution < -0.4 is 4.90 Å². The van der Waals surface area contributed by atoms with Gasteiger partial charge in [-0.25, -0.2) is 9.88 Å². The van der Waals surface area contributed by atoms with E-state index in [2.05, 4.69) is 4.98 Å². The molecule has 0 atom stereocenters. The second kappa shape index (κ2) is 6.35. The molecule has 1 aliphatic heterocycles. The van der Waals surface area contributed by atoms with Crippen molar-refractivity contribution >= 4 is 40.0 Å². The van der Waals surface area contributed by atoms with Crippen LogP contribution in [-0.4, -0.2) is 21.9 Å². The van der Waals surface area contributed by atoms with Crippen molar-refractivity contribution in [3.05, 3.63) is 63.8 Å². The van der Waals surface area contributed by atoms with Gasteiger partial charge in [-0.3, -0.25) is 9.59 Å². The van der Waals surface area contributed by atoms with Gasteiger partial charge in [0.2, 0.25) is 0 Å². The summed E-state index contributed by atoms with van der Waals surface area (Å²) in [6.45, 7) is 3.91. The monoisotopic (exact) mass is 380 g/mol. The second-order valence-corrected chi connectivity index (χ2v) is 6.86. The molecule has 27 heavy (non-hydrogen) atoms. The Bertz CT molecular complexity index is 1120. The molecule has 0 saturated heterocycles. The fourth-order valence-electron chi connectivity index (χ4n) is 3.57. The maximum Gasteiger partial charge on any atom is 0.284 e. The predicted octanol–water partition coefficient (Wildman–Crippen LogP) is 4.52. The number of imide groups is 1. The van der Waals surface area contributed by atoms with Gasteiger partial charge in [-0.05, 0) is 54.3 Å². The van der Waals surface area contributed by atoms with Gasteiger partial charge in [0, 0.05) is 10.4 Å². The minimum absolute atomic E-state index is 0.0780. The van der Waals surface area contributed by atoms with Crippen LogP contribution in [0.1, 0.15) is 45.8 Å². The van der Waals surface area contributed by atoms with Crippen molar-refractivity contribution in [3.8, 4) is 5.75 Å². The van der Waals surface area contributed by atoms with E-state index in [1.54, 1.807) is 18.2 Å². The molecule has 3 aromatic rings. The number of pyridine rings is 1. The van der Waals surface area contributed by atoms with E-state index in [0.717, 1.165) is 11.1 Å². The van der Waals surface area contributed by atoms with E-state index in [1.165, 1.54) is 17.0 Å². The topological polar surface area (TPSA) is 70.5 Å². The SMILES string of the molecule is CCc1ccc(Cl)c(CC)c1N1C(=O)c2cc3cc(O)ccc3nc2C1=O. The number of carbonyl (C=O) groups is 2. The van der Waals surface area contributed by atoms with Crippen molar-refractivity contribution in [2.75, 3.05) is 4.90 Å². The number of aromatic nitrogens is 1. The number of anilines is 1. The van der Waals surface area contributed by atoms with Gasteiger partial charge >= 0.3 is 0 Å². The van der Waals surface area contributed by atoms with Crippen molar-refractivity contribution in [3.63, 3.8) is 0 Å². The summed E-state index contributed by atoms with van der Waals surface area (Å²) in [6.07, 6.45) is 1.26. The highest BCUT2D eigenvalue weighted by Gasteiger charge is 2.40. The first-order valence-corrected chi connectivity index (χ1v) is 9.16. The minimum atomic E-state index is -0.448. The molecule has 136 valence electrons. The van der Waals surface area contributed by atoms with Gasteiger partial charge in [0.25, 0.3) is 11.8 Å². The van der Waals surface area contributed by atoms with E-state index >= 15 is 0 Å². The highest BCUT2D eigenvalue weighted by molar-refractivity contribution is 6.36. The van der Waals surface area contributed by atoms with Crippen LogP contribution in [0, 0.1) is 0 Å². The Balaban J connectivity index is 1.94. The Morgan fingerprint density at radius 1 is 1.04 bits per heavy atom. The largest absolute Gasteiger partial charge is 0.508 e. The number of aromatic hydroxyl groups is 1. The zero-order valence-corrected chi connectivity index (χ0v) is 15.7. The van der Waals surface area contributed by atoms with Crippen molar-refractivity contribution in [1.29, 1.82) is 0 Å². The van der Waals surface area contributed by atoms with E-state index in [0.29, 0.717) is 34.5 Å². The maximum atomic E-state index is 13.1. The number of benzene rings is 2. The summed E-state index contributed by atoms with van der Waals surface area (Å²) in [6, 6.07) is 9.91. The number of hydrogen-bond donors (Lipinski definition) is 1. The number of halogens is 1. The van der Waals surface area contributed by atoms with E-state index in [9.17, 15) is 14.7 Å². The third-order valence-corrected chi connectivity index (χ3v) is 5.26. The van der Waals surface area contributed by atoms with Crippen molar-refractivity contribution in [1.82, 2.24) is 4.98 Å². The molecule has 0 aliphatic carbocycles. The molecule has 2 aromatic carbocycles. The standard InChI is InChI=1S/C21H17ClN2O3/c1-3-11-5-7-16(22)14(4-2)19(11)24-20(26)15-10-12-9-13(25)6-8-17(12)23-18(15)21(24)27/h5-10,25H,3-4H2,1-2H3. The molecule has 0 unspecified atom stereocenters. The van der Waals surface area contributed by atoms with Crippen LogP contribution >= 0.6 is 11.6 Å². The number of carbonyl (C=O) groups excluding carboxylic acids is 2. The van der Waals surface area contributed by atoms with E-state index in [4.69, 9.17) is 11.6 Å². The van der Waals surface area contributed by atoms with Gasteiger partial charge in [0.15, 0.2) is 0 Å². The number of hydrogen-bond acceptors (Lipinski definition) is 4. The Labute approximate surface area is 161 Å². The summed E-state index contributed by atoms with van der Waals surface area (Å²) in [5.74, 6) is -0.787. The zero-order chi connectivity index (χ0) is 19.3. The Morgan fingerprint density at radius 2 is 1.81 bits per heavy atom. The molecule has 0 saturated carbocycles. The smallest absolute Gasteiger partial charge is 0.284 e. The fraction of sp³-hybridized carbons (Fsp3) is 0.190. The van der Waals surface area contributed by atoms with Crippen LogP contribution in [0.4, 0.5) is 5.69 Å². The summed E-state index contributed by atoms with van der Waals surface area (Å²) < 4.78 is 0. The lowest BCUT2D eigenvalue weighted by Gasteiger charge is -2.22. The van der Waals surface area contributed by atoms with E-state index in [-0.39, 0.29) is 17.0 Å². The molecule has 4 rings (SSSR count). The molecule has 0 fully saturated rings. The summed E-state index contributed by atoms with van der Waals surface area (Å²) in [4.78, 5) is 31.8. The van der Waals surface area contributed by atoms with Crippen molar-refractivity contribution in [2.45, 2.75) is 26.7 Å². The quantitative estimate of drug-likeness (QED) is 0.678. The summed E-state index contributed by atoms with van der Waals surface area (Å²) in [7, 11) is 0. The number of amides is 2. The zero-order valence-electron chi connectivity index (χ0n) is 14.9. The Kier molecular flexibility index (Phi) is 4.12. The van der Waals surface area contributed by atoms with Crippen LogP contribution in [0.25, 0.3) is 10.9 Å². The highest BCUT2D eigenvalue weighted by atomic mass is 35.5. The van der Waals surface area contributed by atoms with Gasteiger partial charge in [-0.15, -0.1) is 0 Å². The number of nitrogens with zero attached hydrogens (tertiary/aromatic N) is 2. The lowest BCUT2D eigenvalue weighted by molar-refractivity contribution is 0.0924. The Hall–Kier alpha value is -2.92. The van der Waals surface area contributed by atoms with Crippen LogP contribution in [-0.2, 0) is 12.8 Å². The van der Waals surface area contributed by atoms with Gasteiger partial charge in [0.05, 0.1) is 16.8 Å². The highest BCUT2D eigenvalue weighted by Crippen LogP contribution is 2.37. The van der Waals surface area contributed by atoms with Crippen LogP contribution in [0.15, 0.2) is 36.4 Å². The first-order valence-electron chi connectivity index (χ1n) is 8.79. The summed E-state index contributed by atoms with van der Waals surface area (Å²) in [5.41, 5.74) is 3.13. The maximum absolute atomic E-state index is 13.1. The van der Waals surface area contributed by atoms with E-state index < -0.39 is 11.8 Å².